The van der Waals surface area contributed by atoms with Crippen LogP contribution in [-0.4, -0.2) is 27.9 Å². The largest absolute Gasteiger partial charge is 0.370 e. The summed E-state index contributed by atoms with van der Waals surface area (Å²) in [5, 5.41) is 12.0. The Morgan fingerprint density at radius 1 is 1.31 bits per heavy atom. The fourth-order valence-corrected chi connectivity index (χ4v) is 2.54. The van der Waals surface area contributed by atoms with Crippen molar-refractivity contribution in [2.45, 2.75) is 44.9 Å². The van der Waals surface area contributed by atoms with Crippen molar-refractivity contribution in [3.63, 3.8) is 0 Å². The number of aromatic nitrogens is 3. The van der Waals surface area contributed by atoms with E-state index in [0.29, 0.717) is 6.04 Å². The Morgan fingerprint density at radius 3 is 3.00 bits per heavy atom. The molecule has 3 rings (SSSR count). The fourth-order valence-electron chi connectivity index (χ4n) is 2.54. The van der Waals surface area contributed by atoms with Gasteiger partial charge in [0, 0.05) is 19.7 Å². The molecule has 0 aromatic carbocycles. The molecule has 1 N–H and O–H groups in total. The van der Waals surface area contributed by atoms with Gasteiger partial charge in [0.2, 0.25) is 0 Å². The van der Waals surface area contributed by atoms with Crippen LogP contribution in [0.1, 0.15) is 50.0 Å². The zero-order valence-electron chi connectivity index (χ0n) is 9.65. The molecular formula is C11H18N4O. The third-order valence-corrected chi connectivity index (χ3v) is 3.45. The predicted molar refractivity (Wildman–Crippen MR) is 59.0 cm³/mol. The van der Waals surface area contributed by atoms with Crippen molar-refractivity contribution in [1.82, 2.24) is 20.1 Å². The van der Waals surface area contributed by atoms with Crippen LogP contribution in [0.2, 0.25) is 0 Å². The molecule has 2 unspecified atom stereocenters. The van der Waals surface area contributed by atoms with Crippen LogP contribution in [0.4, 0.5) is 0 Å². The average Bonchev–Trinajstić information content (AvgIpc) is 2.75. The highest BCUT2D eigenvalue weighted by Gasteiger charge is 2.27. The molecule has 88 valence electrons. The van der Waals surface area contributed by atoms with Crippen molar-refractivity contribution in [3.8, 4) is 0 Å². The lowest BCUT2D eigenvalue weighted by Crippen LogP contribution is -2.33. The molecule has 0 spiro atoms. The number of rotatable bonds is 1. The van der Waals surface area contributed by atoms with Crippen LogP contribution in [0.3, 0.4) is 0 Å². The maximum Gasteiger partial charge on any atom is 0.162 e. The van der Waals surface area contributed by atoms with Crippen molar-refractivity contribution < 1.29 is 4.74 Å². The maximum atomic E-state index is 5.78. The maximum absolute atomic E-state index is 5.78. The number of ether oxygens (including phenoxy) is 1. The molecule has 2 atom stereocenters. The van der Waals surface area contributed by atoms with Crippen LogP contribution < -0.4 is 5.32 Å². The van der Waals surface area contributed by atoms with E-state index in [2.05, 4.69) is 27.0 Å². The van der Waals surface area contributed by atoms with Gasteiger partial charge in [0.25, 0.3) is 0 Å². The van der Waals surface area contributed by atoms with Crippen molar-refractivity contribution in [2.75, 3.05) is 13.2 Å². The van der Waals surface area contributed by atoms with Crippen molar-refractivity contribution >= 4 is 0 Å². The lowest BCUT2D eigenvalue weighted by Gasteiger charge is -2.26. The van der Waals surface area contributed by atoms with Gasteiger partial charge < -0.3 is 14.6 Å². The van der Waals surface area contributed by atoms with Crippen LogP contribution in [0.15, 0.2) is 0 Å². The molecule has 0 saturated carbocycles. The average molecular weight is 222 g/mol. The Kier molecular flexibility index (Phi) is 2.65. The SMILES string of the molecule is CC1NCCn2c1nnc2C1CCCCO1. The van der Waals surface area contributed by atoms with Crippen LogP contribution in [-0.2, 0) is 11.3 Å². The Morgan fingerprint density at radius 2 is 2.19 bits per heavy atom. The molecule has 1 saturated heterocycles. The van der Waals surface area contributed by atoms with E-state index in [-0.39, 0.29) is 6.10 Å². The minimum absolute atomic E-state index is 0.167. The standard InChI is InChI=1S/C11H18N4O/c1-8-10-13-14-11(15(10)6-5-12-8)9-4-2-3-7-16-9/h8-9,12H,2-7H2,1H3. The summed E-state index contributed by atoms with van der Waals surface area (Å²) in [5.41, 5.74) is 0. The van der Waals surface area contributed by atoms with E-state index < -0.39 is 0 Å². The summed E-state index contributed by atoms with van der Waals surface area (Å²) < 4.78 is 8.01. The van der Waals surface area contributed by atoms with E-state index in [9.17, 15) is 0 Å². The van der Waals surface area contributed by atoms with E-state index >= 15 is 0 Å². The highest BCUT2D eigenvalue weighted by Crippen LogP contribution is 2.28. The second-order valence-corrected chi connectivity index (χ2v) is 4.60. The smallest absolute Gasteiger partial charge is 0.162 e. The first-order valence-electron chi connectivity index (χ1n) is 6.14. The quantitative estimate of drug-likeness (QED) is 0.775. The molecule has 3 heterocycles. The Bertz CT molecular complexity index is 370. The van der Waals surface area contributed by atoms with Gasteiger partial charge in [0.1, 0.15) is 11.9 Å². The minimum Gasteiger partial charge on any atom is -0.370 e. The summed E-state index contributed by atoms with van der Waals surface area (Å²) in [6.45, 7) is 4.94. The number of nitrogens with one attached hydrogen (secondary N) is 1. The third kappa shape index (κ3) is 1.64. The van der Waals surface area contributed by atoms with Crippen molar-refractivity contribution in [1.29, 1.82) is 0 Å². The van der Waals surface area contributed by atoms with Crippen LogP contribution >= 0.6 is 0 Å². The van der Waals surface area contributed by atoms with E-state index in [1.807, 2.05) is 0 Å². The first-order chi connectivity index (χ1) is 7.86. The van der Waals surface area contributed by atoms with Gasteiger partial charge in [-0.2, -0.15) is 0 Å². The Hall–Kier alpha value is -0.940. The summed E-state index contributed by atoms with van der Waals surface area (Å²) in [5.74, 6) is 2.08. The second kappa shape index (κ2) is 4.14. The van der Waals surface area contributed by atoms with Crippen LogP contribution in [0, 0.1) is 0 Å². The van der Waals surface area contributed by atoms with Gasteiger partial charge in [0.05, 0.1) is 6.04 Å². The van der Waals surface area contributed by atoms with E-state index in [4.69, 9.17) is 4.74 Å². The zero-order chi connectivity index (χ0) is 11.0. The molecule has 0 radical (unpaired) electrons. The number of fused-ring (bicyclic) bond motifs is 1. The van der Waals surface area contributed by atoms with E-state index in [1.54, 1.807) is 0 Å². The summed E-state index contributed by atoms with van der Waals surface area (Å²) in [7, 11) is 0. The number of nitrogens with zero attached hydrogens (tertiary/aromatic N) is 3. The minimum atomic E-state index is 0.167. The highest BCUT2D eigenvalue weighted by molar-refractivity contribution is 5.06. The van der Waals surface area contributed by atoms with Crippen molar-refractivity contribution in [2.24, 2.45) is 0 Å². The van der Waals surface area contributed by atoms with Crippen molar-refractivity contribution in [3.05, 3.63) is 11.6 Å². The molecule has 1 aromatic heterocycles. The number of hydrogen-bond acceptors (Lipinski definition) is 4. The number of hydrogen-bond donors (Lipinski definition) is 1. The summed E-state index contributed by atoms with van der Waals surface area (Å²) >= 11 is 0. The van der Waals surface area contributed by atoms with Crippen LogP contribution in [0.5, 0.6) is 0 Å². The monoisotopic (exact) mass is 222 g/mol. The predicted octanol–water partition coefficient (Wildman–Crippen LogP) is 1.18. The third-order valence-electron chi connectivity index (χ3n) is 3.45. The van der Waals surface area contributed by atoms with Crippen LogP contribution in [0.25, 0.3) is 0 Å². The second-order valence-electron chi connectivity index (χ2n) is 4.60. The van der Waals surface area contributed by atoms with E-state index in [0.717, 1.165) is 37.8 Å². The molecule has 1 fully saturated rings. The summed E-state index contributed by atoms with van der Waals surface area (Å²) in [6.07, 6.45) is 3.66. The molecule has 2 aliphatic rings. The first-order valence-corrected chi connectivity index (χ1v) is 6.14. The van der Waals surface area contributed by atoms with Gasteiger partial charge >= 0.3 is 0 Å². The summed E-state index contributed by atoms with van der Waals surface area (Å²) in [4.78, 5) is 0. The van der Waals surface area contributed by atoms with Gasteiger partial charge in [-0.15, -0.1) is 10.2 Å². The lowest BCUT2D eigenvalue weighted by molar-refractivity contribution is 0.00675. The van der Waals surface area contributed by atoms with Gasteiger partial charge in [-0.1, -0.05) is 0 Å². The molecule has 5 heteroatoms. The Labute approximate surface area is 95.2 Å². The molecule has 5 nitrogen and oxygen atoms in total. The van der Waals surface area contributed by atoms with E-state index in [1.165, 1.54) is 12.8 Å². The Balaban J connectivity index is 1.89. The zero-order valence-corrected chi connectivity index (χ0v) is 9.65. The van der Waals surface area contributed by atoms with Gasteiger partial charge in [0.15, 0.2) is 5.82 Å². The molecule has 0 bridgehead atoms. The highest BCUT2D eigenvalue weighted by atomic mass is 16.5. The lowest BCUT2D eigenvalue weighted by atomic mass is 10.1. The normalized spacial score (nSPS) is 30.1. The molecular weight excluding hydrogens is 204 g/mol. The van der Waals surface area contributed by atoms with Gasteiger partial charge in [-0.05, 0) is 26.2 Å². The van der Waals surface area contributed by atoms with Gasteiger partial charge in [-0.25, -0.2) is 0 Å². The first kappa shape index (κ1) is 10.2. The molecule has 0 aliphatic carbocycles. The molecule has 0 amide bonds. The molecule has 1 aromatic rings. The molecule has 16 heavy (non-hydrogen) atoms. The topological polar surface area (TPSA) is 52.0 Å². The fraction of sp³-hybridized carbons (Fsp3) is 0.818. The van der Waals surface area contributed by atoms with Gasteiger partial charge in [-0.3, -0.25) is 0 Å². The summed E-state index contributed by atoms with van der Waals surface area (Å²) in [6, 6.07) is 0.304. The molecule has 2 aliphatic heterocycles.